The minimum absolute atomic E-state index is 0.0548. The van der Waals surface area contributed by atoms with E-state index >= 15 is 0 Å². The van der Waals surface area contributed by atoms with Crippen LogP contribution in [0.1, 0.15) is 316 Å². The Bertz CT molecular complexity index is 1120. The number of carbonyl (C=O) groups is 2. The molecular formula is C58H114NO8P. The maximum atomic E-state index is 12.6. The summed E-state index contributed by atoms with van der Waals surface area (Å²) in [6.45, 7) is 3.71. The third-order valence-corrected chi connectivity index (χ3v) is 14.4. The highest BCUT2D eigenvalue weighted by Crippen LogP contribution is 2.43. The van der Waals surface area contributed by atoms with Gasteiger partial charge in [-0.05, 0) is 32.1 Å². The molecule has 0 amide bonds. The third kappa shape index (κ3) is 54.1. The predicted molar refractivity (Wildman–Crippen MR) is 289 cm³/mol. The summed E-state index contributed by atoms with van der Waals surface area (Å²) >= 11 is 0. The Morgan fingerprint density at radius 2 is 0.750 bits per heavy atom. The summed E-state index contributed by atoms with van der Waals surface area (Å²) in [6.07, 6.45) is 63.3. The Labute approximate surface area is 421 Å². The molecule has 68 heavy (non-hydrogen) atoms. The Morgan fingerprint density at radius 3 is 1.10 bits per heavy atom. The van der Waals surface area contributed by atoms with Crippen LogP contribution in [0.15, 0.2) is 12.2 Å². The lowest BCUT2D eigenvalue weighted by Gasteiger charge is -2.19. The average molecular weight is 985 g/mol. The van der Waals surface area contributed by atoms with Crippen LogP contribution in [0.25, 0.3) is 0 Å². The molecule has 0 radical (unpaired) electrons. The van der Waals surface area contributed by atoms with Crippen molar-refractivity contribution in [2.75, 3.05) is 26.4 Å². The summed E-state index contributed by atoms with van der Waals surface area (Å²) in [5, 5.41) is 0. The van der Waals surface area contributed by atoms with Crippen LogP contribution in [0.3, 0.4) is 0 Å². The van der Waals surface area contributed by atoms with Gasteiger partial charge in [0.15, 0.2) is 6.10 Å². The van der Waals surface area contributed by atoms with Crippen molar-refractivity contribution in [1.29, 1.82) is 0 Å². The van der Waals surface area contributed by atoms with E-state index in [1.165, 1.54) is 225 Å². The number of nitrogens with two attached hydrogens (primary N) is 1. The molecule has 0 saturated heterocycles. The van der Waals surface area contributed by atoms with Gasteiger partial charge >= 0.3 is 19.8 Å². The molecule has 2 atom stereocenters. The molecule has 404 valence electrons. The Balaban J connectivity index is 3.65. The molecule has 0 aliphatic carbocycles. The highest BCUT2D eigenvalue weighted by Gasteiger charge is 2.26. The molecule has 0 heterocycles. The highest BCUT2D eigenvalue weighted by molar-refractivity contribution is 7.47. The minimum Gasteiger partial charge on any atom is -0.462 e. The Hall–Kier alpha value is -1.25. The molecule has 2 unspecified atom stereocenters. The largest absolute Gasteiger partial charge is 0.472 e. The minimum atomic E-state index is -4.38. The fourth-order valence-corrected chi connectivity index (χ4v) is 9.76. The van der Waals surface area contributed by atoms with Crippen molar-refractivity contribution in [1.82, 2.24) is 0 Å². The van der Waals surface area contributed by atoms with Gasteiger partial charge in [-0.2, -0.15) is 0 Å². The number of hydrogen-bond donors (Lipinski definition) is 2. The van der Waals surface area contributed by atoms with E-state index in [2.05, 4.69) is 26.0 Å². The first-order chi connectivity index (χ1) is 33.3. The van der Waals surface area contributed by atoms with Crippen molar-refractivity contribution in [3.05, 3.63) is 12.2 Å². The average Bonchev–Trinajstić information content (AvgIpc) is 3.33. The lowest BCUT2D eigenvalue weighted by Crippen LogP contribution is -2.29. The van der Waals surface area contributed by atoms with E-state index in [9.17, 15) is 19.0 Å². The van der Waals surface area contributed by atoms with Crippen LogP contribution in [-0.4, -0.2) is 49.3 Å². The number of ether oxygens (including phenoxy) is 2. The van der Waals surface area contributed by atoms with Crippen molar-refractivity contribution in [2.24, 2.45) is 5.73 Å². The number of carbonyl (C=O) groups excluding carboxylic acids is 2. The maximum Gasteiger partial charge on any atom is 0.472 e. The van der Waals surface area contributed by atoms with Gasteiger partial charge in [0.05, 0.1) is 13.2 Å². The number of allylic oxidation sites excluding steroid dienone is 2. The second-order valence-corrected chi connectivity index (χ2v) is 21.7. The monoisotopic (exact) mass is 984 g/mol. The lowest BCUT2D eigenvalue weighted by molar-refractivity contribution is -0.161. The maximum absolute atomic E-state index is 12.6. The number of hydrogen-bond acceptors (Lipinski definition) is 8. The molecule has 0 spiro atoms. The van der Waals surface area contributed by atoms with Gasteiger partial charge < -0.3 is 20.1 Å². The first-order valence-corrected chi connectivity index (χ1v) is 31.2. The van der Waals surface area contributed by atoms with Gasteiger partial charge in [0.1, 0.15) is 6.61 Å². The fraction of sp³-hybridized carbons (Fsp3) is 0.931. The quantitative estimate of drug-likeness (QED) is 0.0264. The van der Waals surface area contributed by atoms with Crippen LogP contribution in [0.5, 0.6) is 0 Å². The first-order valence-electron chi connectivity index (χ1n) is 29.7. The molecule has 0 fully saturated rings. The molecule has 0 aromatic rings. The SMILES string of the molecule is CCC/C=C\CCCCCCCC(=O)OC(COC(=O)CCCCCCCCCCCCCCCCCCCCCCCCCCCCCCCCCCCCCCC)COP(=O)(O)OCCN. The first kappa shape index (κ1) is 66.8. The lowest BCUT2D eigenvalue weighted by atomic mass is 10.0. The molecule has 3 N–H and O–H groups in total. The zero-order chi connectivity index (χ0) is 49.5. The second kappa shape index (κ2) is 55.1. The third-order valence-electron chi connectivity index (χ3n) is 13.4. The summed E-state index contributed by atoms with van der Waals surface area (Å²) in [5.74, 6) is -0.826. The van der Waals surface area contributed by atoms with E-state index in [0.29, 0.717) is 6.42 Å². The molecule has 0 bridgehead atoms. The van der Waals surface area contributed by atoms with Gasteiger partial charge in [-0.1, -0.05) is 283 Å². The van der Waals surface area contributed by atoms with Gasteiger partial charge in [-0.15, -0.1) is 0 Å². The van der Waals surface area contributed by atoms with E-state index in [-0.39, 0.29) is 38.6 Å². The van der Waals surface area contributed by atoms with Crippen LogP contribution in [0, 0.1) is 0 Å². The molecular weight excluding hydrogens is 870 g/mol. The molecule has 0 aliphatic rings. The van der Waals surface area contributed by atoms with Crippen LogP contribution in [0.4, 0.5) is 0 Å². The molecule has 9 nitrogen and oxygen atoms in total. The second-order valence-electron chi connectivity index (χ2n) is 20.2. The van der Waals surface area contributed by atoms with Gasteiger partial charge in [0.2, 0.25) is 0 Å². The normalized spacial score (nSPS) is 13.1. The number of phosphoric acid groups is 1. The Kier molecular flexibility index (Phi) is 54.1. The fourth-order valence-electron chi connectivity index (χ4n) is 9.00. The van der Waals surface area contributed by atoms with E-state index in [1.54, 1.807) is 0 Å². The van der Waals surface area contributed by atoms with Crippen LogP contribution in [0.2, 0.25) is 0 Å². The number of esters is 2. The number of rotatable bonds is 57. The van der Waals surface area contributed by atoms with Gasteiger partial charge in [-0.25, -0.2) is 4.57 Å². The summed E-state index contributed by atoms with van der Waals surface area (Å²) < 4.78 is 32.8. The van der Waals surface area contributed by atoms with E-state index < -0.39 is 26.5 Å². The van der Waals surface area contributed by atoms with Crippen molar-refractivity contribution in [2.45, 2.75) is 322 Å². The molecule has 0 rings (SSSR count). The molecule has 0 aromatic heterocycles. The van der Waals surface area contributed by atoms with Crippen molar-refractivity contribution >= 4 is 19.8 Å². The zero-order valence-electron chi connectivity index (χ0n) is 45.1. The van der Waals surface area contributed by atoms with Crippen LogP contribution >= 0.6 is 7.82 Å². The smallest absolute Gasteiger partial charge is 0.462 e. The Morgan fingerprint density at radius 1 is 0.426 bits per heavy atom. The van der Waals surface area contributed by atoms with Gasteiger partial charge in [0.25, 0.3) is 0 Å². The van der Waals surface area contributed by atoms with Gasteiger partial charge in [0, 0.05) is 19.4 Å². The predicted octanol–water partition coefficient (Wildman–Crippen LogP) is 18.5. The van der Waals surface area contributed by atoms with Crippen molar-refractivity contribution < 1.29 is 37.6 Å². The highest BCUT2D eigenvalue weighted by atomic mass is 31.2. The van der Waals surface area contributed by atoms with E-state index in [1.807, 2.05) is 0 Å². The van der Waals surface area contributed by atoms with Crippen molar-refractivity contribution in [3.8, 4) is 0 Å². The number of phosphoric ester groups is 1. The standard InChI is InChI=1S/C58H114NO8P/c1-3-5-7-9-11-13-15-16-17-18-19-20-21-22-23-24-25-26-27-28-29-30-31-32-33-34-35-36-37-38-39-40-41-43-44-46-48-50-57(60)64-54-56(55-66-68(62,63)65-53-52-59)67-58(61)51-49-47-45-42-14-12-10-8-6-4-2/h8,10,56H,3-7,9,11-55,59H2,1-2H3,(H,62,63)/b10-8-. The topological polar surface area (TPSA) is 134 Å². The van der Waals surface area contributed by atoms with E-state index in [0.717, 1.165) is 57.8 Å². The van der Waals surface area contributed by atoms with E-state index in [4.69, 9.17) is 24.3 Å². The molecule has 0 saturated carbocycles. The summed E-state index contributed by atoms with van der Waals surface area (Å²) in [5.41, 5.74) is 5.36. The summed E-state index contributed by atoms with van der Waals surface area (Å²) in [4.78, 5) is 34.9. The molecule has 0 aliphatic heterocycles. The zero-order valence-corrected chi connectivity index (χ0v) is 46.0. The van der Waals surface area contributed by atoms with Crippen LogP contribution < -0.4 is 5.73 Å². The summed E-state index contributed by atoms with van der Waals surface area (Å²) in [7, 11) is -4.38. The van der Waals surface area contributed by atoms with Crippen LogP contribution in [-0.2, 0) is 32.7 Å². The molecule has 0 aromatic carbocycles. The number of unbranched alkanes of at least 4 members (excludes halogenated alkanes) is 42. The van der Waals surface area contributed by atoms with Crippen molar-refractivity contribution in [3.63, 3.8) is 0 Å². The molecule has 10 heteroatoms. The van der Waals surface area contributed by atoms with Gasteiger partial charge in [-0.3, -0.25) is 18.6 Å². The summed E-state index contributed by atoms with van der Waals surface area (Å²) in [6, 6.07) is 0.